The molecule has 3 aromatic rings. The fourth-order valence-corrected chi connectivity index (χ4v) is 7.14. The van der Waals surface area contributed by atoms with Crippen LogP contribution >= 0.6 is 23.1 Å². The van der Waals surface area contributed by atoms with E-state index < -0.39 is 51.5 Å². The number of carbonyl (C=O) groups excluding carboxylic acids is 4. The molecule has 2 aliphatic rings. The van der Waals surface area contributed by atoms with Crippen molar-refractivity contribution in [3.63, 3.8) is 0 Å². The smallest absolute Gasteiger partial charge is 0.328 e. The second-order valence-electron chi connectivity index (χ2n) is 7.98. The summed E-state index contributed by atoms with van der Waals surface area (Å²) in [6.45, 7) is -0.318. The van der Waals surface area contributed by atoms with Gasteiger partial charge in [-0.15, -0.1) is 0 Å². The number of halogens is 1. The molecule has 9 nitrogen and oxygen atoms in total. The molecule has 0 radical (unpaired) electrons. The molecule has 35 heavy (non-hydrogen) atoms. The lowest BCUT2D eigenvalue weighted by molar-refractivity contribution is -0.135. The lowest BCUT2D eigenvalue weighted by Gasteiger charge is -2.30. The van der Waals surface area contributed by atoms with E-state index in [1.165, 1.54) is 28.8 Å². The Kier molecular flexibility index (Phi) is 5.77. The number of nitrogens with one attached hydrogen (secondary N) is 1. The van der Waals surface area contributed by atoms with E-state index in [0.29, 0.717) is 26.1 Å². The number of nitrogens with two attached hydrogens (primary N) is 1. The van der Waals surface area contributed by atoms with Crippen LogP contribution < -0.4 is 15.9 Å². The van der Waals surface area contributed by atoms with E-state index in [2.05, 4.69) is 5.32 Å². The van der Waals surface area contributed by atoms with Crippen LogP contribution in [-0.4, -0.2) is 38.5 Å². The van der Waals surface area contributed by atoms with Crippen molar-refractivity contribution in [2.24, 2.45) is 11.7 Å². The molecule has 5 rings (SSSR count). The van der Waals surface area contributed by atoms with Crippen molar-refractivity contribution >= 4 is 52.5 Å². The van der Waals surface area contributed by atoms with Gasteiger partial charge in [-0.05, 0) is 29.8 Å². The number of benzene rings is 2. The predicted molar refractivity (Wildman–Crippen MR) is 126 cm³/mol. The number of hydrogen-bond acceptors (Lipinski definition) is 7. The number of para-hydroxylation sites is 1. The minimum atomic E-state index is -1.18. The number of primary amides is 1. The number of rotatable bonds is 4. The van der Waals surface area contributed by atoms with Gasteiger partial charge in [0.2, 0.25) is 11.8 Å². The third kappa shape index (κ3) is 3.94. The largest absolute Gasteiger partial charge is 0.351 e. The Hall–Kier alpha value is -3.77. The third-order valence-corrected chi connectivity index (χ3v) is 8.46. The van der Waals surface area contributed by atoms with Gasteiger partial charge in [-0.2, -0.15) is 4.90 Å². The van der Waals surface area contributed by atoms with E-state index >= 15 is 0 Å². The van der Waals surface area contributed by atoms with Crippen LogP contribution in [0, 0.1) is 11.7 Å². The van der Waals surface area contributed by atoms with Gasteiger partial charge in [0.15, 0.2) is 0 Å². The number of carbonyl (C=O) groups is 4. The molecule has 1 aromatic heterocycles. The molecule has 3 unspecified atom stereocenters. The first-order valence-corrected chi connectivity index (χ1v) is 12.1. The minimum absolute atomic E-state index is 0.318. The number of amides is 5. The van der Waals surface area contributed by atoms with Gasteiger partial charge in [0, 0.05) is 16.5 Å². The molecule has 178 valence electrons. The van der Waals surface area contributed by atoms with Crippen molar-refractivity contribution in [2.75, 3.05) is 5.32 Å². The molecule has 0 spiro atoms. The summed E-state index contributed by atoms with van der Waals surface area (Å²) in [5.74, 6) is -4.31. The molecular formula is C23H17FN4O5S2. The highest BCUT2D eigenvalue weighted by molar-refractivity contribution is 8.00. The lowest BCUT2D eigenvalue weighted by atomic mass is 9.83. The zero-order valence-electron chi connectivity index (χ0n) is 17.8. The second-order valence-corrected chi connectivity index (χ2v) is 10.1. The number of fused-ring (bicyclic) bond motifs is 2. The Morgan fingerprint density at radius 1 is 1.00 bits per heavy atom. The Labute approximate surface area is 205 Å². The Morgan fingerprint density at radius 3 is 2.34 bits per heavy atom. The average Bonchev–Trinajstić information content (AvgIpc) is 3.26. The van der Waals surface area contributed by atoms with Crippen LogP contribution in [0.2, 0.25) is 0 Å². The number of thioether (sulfide) groups is 1. The SMILES string of the molecule is NC(=O)N1C(=O)C2Sc3c(sc(=O)n3CC(=O)Nc3ccccc3)C(c3ccc(F)cc3)C2C1=O. The first-order chi connectivity index (χ1) is 16.8. The number of likely N-dealkylation sites (tertiary alicyclic amines) is 1. The van der Waals surface area contributed by atoms with Crippen LogP contribution in [0.15, 0.2) is 64.4 Å². The molecule has 0 bridgehead atoms. The molecule has 1 saturated heterocycles. The van der Waals surface area contributed by atoms with E-state index in [1.807, 2.05) is 0 Å². The quantitative estimate of drug-likeness (QED) is 0.516. The number of imide groups is 3. The van der Waals surface area contributed by atoms with Crippen LogP contribution in [-0.2, 0) is 20.9 Å². The molecule has 3 N–H and O–H groups in total. The van der Waals surface area contributed by atoms with E-state index in [4.69, 9.17) is 5.73 Å². The number of hydrogen-bond donors (Lipinski definition) is 2. The Morgan fingerprint density at radius 2 is 1.69 bits per heavy atom. The van der Waals surface area contributed by atoms with Crippen LogP contribution in [0.4, 0.5) is 14.9 Å². The highest BCUT2D eigenvalue weighted by Crippen LogP contribution is 2.53. The standard InChI is InChI=1S/C23H17FN4O5S2/c24-12-8-6-11(7-9-12)15-16-17(20(31)28(19(16)30)22(25)32)34-21-18(15)35-23(33)27(21)10-14(29)26-13-4-2-1-3-5-13/h1-9,15-17H,10H2,(H2,25,32)(H,26,29). The predicted octanol–water partition coefficient (Wildman–Crippen LogP) is 2.36. The van der Waals surface area contributed by atoms with Gasteiger partial charge in [-0.25, -0.2) is 9.18 Å². The van der Waals surface area contributed by atoms with Crippen LogP contribution in [0.3, 0.4) is 0 Å². The van der Waals surface area contributed by atoms with E-state index in [1.54, 1.807) is 30.3 Å². The highest BCUT2D eigenvalue weighted by atomic mass is 32.2. The molecule has 2 aliphatic heterocycles. The molecule has 3 atom stereocenters. The topological polar surface area (TPSA) is 132 Å². The van der Waals surface area contributed by atoms with Crippen LogP contribution in [0.5, 0.6) is 0 Å². The summed E-state index contributed by atoms with van der Waals surface area (Å²) in [6.07, 6.45) is 0. The van der Waals surface area contributed by atoms with Gasteiger partial charge in [-0.3, -0.25) is 23.7 Å². The third-order valence-electron chi connectivity index (χ3n) is 5.86. The maximum absolute atomic E-state index is 13.6. The summed E-state index contributed by atoms with van der Waals surface area (Å²) >= 11 is 1.81. The fourth-order valence-electron chi connectivity index (χ4n) is 4.37. The molecule has 3 heterocycles. The molecule has 2 aromatic carbocycles. The summed E-state index contributed by atoms with van der Waals surface area (Å²) in [5.41, 5.74) is 6.34. The lowest BCUT2D eigenvalue weighted by Crippen LogP contribution is -2.41. The highest BCUT2D eigenvalue weighted by Gasteiger charge is 2.57. The van der Waals surface area contributed by atoms with Crippen molar-refractivity contribution in [2.45, 2.75) is 22.7 Å². The molecule has 0 aliphatic carbocycles. The maximum atomic E-state index is 13.6. The fraction of sp³-hybridized carbons (Fsp3) is 0.174. The first-order valence-electron chi connectivity index (χ1n) is 10.4. The number of nitrogens with zero attached hydrogens (tertiary/aromatic N) is 2. The first kappa shape index (κ1) is 23.0. The van der Waals surface area contributed by atoms with Gasteiger partial charge in [0.05, 0.1) is 10.9 Å². The number of anilines is 1. The number of urea groups is 1. The molecule has 0 saturated carbocycles. The van der Waals surface area contributed by atoms with Gasteiger partial charge in [0.25, 0.3) is 5.91 Å². The number of thiazole rings is 1. The Bertz CT molecular complexity index is 1420. The van der Waals surface area contributed by atoms with Gasteiger partial charge < -0.3 is 11.1 Å². The van der Waals surface area contributed by atoms with Crippen molar-refractivity contribution in [1.29, 1.82) is 0 Å². The summed E-state index contributed by atoms with van der Waals surface area (Å²) in [5, 5.41) is 2.03. The van der Waals surface area contributed by atoms with E-state index in [9.17, 15) is 28.4 Å². The summed E-state index contributed by atoms with van der Waals surface area (Å²) < 4.78 is 14.9. The molecule has 12 heteroatoms. The zero-order chi connectivity index (χ0) is 24.9. The van der Waals surface area contributed by atoms with Gasteiger partial charge >= 0.3 is 10.9 Å². The van der Waals surface area contributed by atoms with Crippen molar-refractivity contribution in [3.8, 4) is 0 Å². The van der Waals surface area contributed by atoms with Gasteiger partial charge in [-0.1, -0.05) is 53.4 Å². The van der Waals surface area contributed by atoms with Crippen molar-refractivity contribution in [3.05, 3.63) is 80.5 Å². The number of aromatic nitrogens is 1. The molecule has 5 amide bonds. The van der Waals surface area contributed by atoms with Gasteiger partial charge in [0.1, 0.15) is 17.6 Å². The normalized spacial score (nSPS) is 20.9. The monoisotopic (exact) mass is 512 g/mol. The minimum Gasteiger partial charge on any atom is -0.351 e. The van der Waals surface area contributed by atoms with Crippen molar-refractivity contribution in [1.82, 2.24) is 9.47 Å². The van der Waals surface area contributed by atoms with E-state index in [0.717, 1.165) is 23.1 Å². The summed E-state index contributed by atoms with van der Waals surface area (Å²) in [7, 11) is 0. The van der Waals surface area contributed by atoms with Crippen LogP contribution in [0.25, 0.3) is 0 Å². The second kappa shape index (κ2) is 8.78. The molecular weight excluding hydrogens is 495 g/mol. The average molecular weight is 513 g/mol. The van der Waals surface area contributed by atoms with Crippen LogP contribution in [0.1, 0.15) is 16.4 Å². The molecule has 1 fully saturated rings. The maximum Gasteiger partial charge on any atom is 0.328 e. The van der Waals surface area contributed by atoms with E-state index in [-0.39, 0.29) is 6.54 Å². The summed E-state index contributed by atoms with van der Waals surface area (Å²) in [4.78, 5) is 64.0. The summed E-state index contributed by atoms with van der Waals surface area (Å²) in [6, 6.07) is 12.9. The zero-order valence-corrected chi connectivity index (χ0v) is 19.5. The Balaban J connectivity index is 1.58. The van der Waals surface area contributed by atoms with Crippen molar-refractivity contribution < 1.29 is 23.6 Å².